The molecule has 0 bridgehead atoms. The van der Waals surface area contributed by atoms with E-state index in [0.717, 1.165) is 16.8 Å². The summed E-state index contributed by atoms with van der Waals surface area (Å²) in [5, 5.41) is 2.35. The van der Waals surface area contributed by atoms with Gasteiger partial charge in [-0.25, -0.2) is 4.98 Å². The van der Waals surface area contributed by atoms with Gasteiger partial charge in [-0.15, -0.1) is 0 Å². The van der Waals surface area contributed by atoms with E-state index in [9.17, 15) is 14.4 Å². The van der Waals surface area contributed by atoms with Crippen molar-refractivity contribution in [2.24, 2.45) is 7.05 Å². The fourth-order valence-corrected chi connectivity index (χ4v) is 5.06. The predicted molar refractivity (Wildman–Crippen MR) is 106 cm³/mol. The average Bonchev–Trinajstić information content (AvgIpc) is 3.41. The Morgan fingerprint density at radius 3 is 2.66 bits per heavy atom. The summed E-state index contributed by atoms with van der Waals surface area (Å²) in [4.78, 5) is 42.8. The lowest BCUT2D eigenvalue weighted by atomic mass is 9.96. The predicted octanol–water partition coefficient (Wildman–Crippen LogP) is 2.51. The fraction of sp³-hybridized carbons (Fsp3) is 0.455. The number of aromatic nitrogens is 2. The summed E-state index contributed by atoms with van der Waals surface area (Å²) in [6.45, 7) is 0.389. The van der Waals surface area contributed by atoms with Crippen molar-refractivity contribution in [3.63, 3.8) is 0 Å². The molecule has 3 aliphatic rings. The van der Waals surface area contributed by atoms with Crippen LogP contribution in [0.5, 0.6) is 0 Å². The van der Waals surface area contributed by atoms with E-state index < -0.39 is 6.04 Å². The van der Waals surface area contributed by atoms with Gasteiger partial charge >= 0.3 is 0 Å². The molecule has 7 heteroatoms. The number of carbonyl (C=O) groups excluding carboxylic acids is 3. The maximum Gasteiger partial charge on any atom is 0.255 e. The number of imidazole rings is 1. The zero-order chi connectivity index (χ0) is 20.1. The number of imide groups is 1. The molecule has 1 atom stereocenters. The van der Waals surface area contributed by atoms with Crippen molar-refractivity contribution < 1.29 is 14.4 Å². The molecule has 0 spiro atoms. The third-order valence-electron chi connectivity index (χ3n) is 6.52. The molecule has 5 rings (SSSR count). The standard InChI is InChI=1S/C22H24N4O3/c1-25-12-23-19(20(25)13-4-2-3-5-13)14-6-7-16-15(10-14)11-26(22(16)29)17-8-9-18(27)24-21(17)28/h6-7,10,12-13,17H,2-5,8-9,11H2,1H3,(H,24,27,28). The molecule has 1 N–H and O–H groups in total. The van der Waals surface area contributed by atoms with Gasteiger partial charge in [-0.2, -0.15) is 0 Å². The van der Waals surface area contributed by atoms with Crippen LogP contribution >= 0.6 is 0 Å². The van der Waals surface area contributed by atoms with E-state index in [1.54, 1.807) is 4.90 Å². The molecule has 1 aromatic heterocycles. The van der Waals surface area contributed by atoms with Crippen LogP contribution < -0.4 is 5.32 Å². The highest BCUT2D eigenvalue weighted by Gasteiger charge is 2.39. The molecule has 3 heterocycles. The lowest BCUT2D eigenvalue weighted by Crippen LogP contribution is -2.52. The normalized spacial score (nSPS) is 22.3. The van der Waals surface area contributed by atoms with Gasteiger partial charge in [0.2, 0.25) is 11.8 Å². The monoisotopic (exact) mass is 392 g/mol. The minimum atomic E-state index is -0.583. The third-order valence-corrected chi connectivity index (χ3v) is 6.52. The van der Waals surface area contributed by atoms with Gasteiger partial charge in [-0.3, -0.25) is 19.7 Å². The summed E-state index contributed by atoms with van der Waals surface area (Å²) in [5.74, 6) is -0.256. The van der Waals surface area contributed by atoms with Crippen molar-refractivity contribution in [1.82, 2.24) is 19.8 Å². The third kappa shape index (κ3) is 2.96. The first-order chi connectivity index (χ1) is 14.0. The number of nitrogens with zero attached hydrogens (tertiary/aromatic N) is 3. The second-order valence-corrected chi connectivity index (χ2v) is 8.34. The van der Waals surface area contributed by atoms with E-state index in [1.165, 1.54) is 31.4 Å². The Morgan fingerprint density at radius 2 is 1.90 bits per heavy atom. The van der Waals surface area contributed by atoms with Crippen molar-refractivity contribution in [2.45, 2.75) is 57.0 Å². The Balaban J connectivity index is 1.45. The van der Waals surface area contributed by atoms with Crippen LogP contribution in [0.25, 0.3) is 11.3 Å². The molecule has 1 saturated carbocycles. The molecular formula is C22H24N4O3. The Bertz CT molecular complexity index is 1020. The van der Waals surface area contributed by atoms with Gasteiger partial charge in [0.05, 0.1) is 12.0 Å². The van der Waals surface area contributed by atoms with Gasteiger partial charge < -0.3 is 9.47 Å². The molecule has 2 fully saturated rings. The van der Waals surface area contributed by atoms with E-state index in [1.807, 2.05) is 31.6 Å². The maximum atomic E-state index is 12.9. The average molecular weight is 392 g/mol. The van der Waals surface area contributed by atoms with Crippen molar-refractivity contribution in [1.29, 1.82) is 0 Å². The Morgan fingerprint density at radius 1 is 1.10 bits per heavy atom. The van der Waals surface area contributed by atoms with Gasteiger partial charge in [0.1, 0.15) is 6.04 Å². The summed E-state index contributed by atoms with van der Waals surface area (Å²) < 4.78 is 2.12. The van der Waals surface area contributed by atoms with Crippen LogP contribution in [0.3, 0.4) is 0 Å². The summed E-state index contributed by atoms with van der Waals surface area (Å²) >= 11 is 0. The van der Waals surface area contributed by atoms with Crippen LogP contribution in [0.4, 0.5) is 0 Å². The number of carbonyl (C=O) groups is 3. The van der Waals surface area contributed by atoms with Crippen molar-refractivity contribution >= 4 is 17.7 Å². The first kappa shape index (κ1) is 18.1. The van der Waals surface area contributed by atoms with E-state index >= 15 is 0 Å². The van der Waals surface area contributed by atoms with Crippen LogP contribution in [-0.4, -0.2) is 38.2 Å². The van der Waals surface area contributed by atoms with Gasteiger partial charge in [-0.1, -0.05) is 18.9 Å². The zero-order valence-corrected chi connectivity index (χ0v) is 16.5. The molecule has 7 nitrogen and oxygen atoms in total. The van der Waals surface area contributed by atoms with Crippen molar-refractivity contribution in [3.8, 4) is 11.3 Å². The van der Waals surface area contributed by atoms with Crippen LogP contribution in [0.1, 0.15) is 66.1 Å². The van der Waals surface area contributed by atoms with Gasteiger partial charge in [0, 0.05) is 42.8 Å². The highest BCUT2D eigenvalue weighted by atomic mass is 16.2. The molecule has 150 valence electrons. The number of hydrogen-bond acceptors (Lipinski definition) is 4. The number of nitrogens with one attached hydrogen (secondary N) is 1. The van der Waals surface area contributed by atoms with Crippen LogP contribution in [0, 0.1) is 0 Å². The van der Waals surface area contributed by atoms with Gasteiger partial charge in [0.15, 0.2) is 0 Å². The quantitative estimate of drug-likeness (QED) is 0.814. The van der Waals surface area contributed by atoms with E-state index in [4.69, 9.17) is 0 Å². The van der Waals surface area contributed by atoms with Crippen molar-refractivity contribution in [3.05, 3.63) is 41.3 Å². The first-order valence-corrected chi connectivity index (χ1v) is 10.3. The lowest BCUT2D eigenvalue weighted by molar-refractivity contribution is -0.136. The lowest BCUT2D eigenvalue weighted by Gasteiger charge is -2.29. The Labute approximate surface area is 169 Å². The minimum absolute atomic E-state index is 0.141. The summed E-state index contributed by atoms with van der Waals surface area (Å²) in [7, 11) is 2.05. The molecule has 1 unspecified atom stereocenters. The minimum Gasteiger partial charge on any atom is -0.337 e. The number of aryl methyl sites for hydroxylation is 1. The Hall–Kier alpha value is -2.96. The molecule has 1 saturated heterocycles. The SMILES string of the molecule is Cn1cnc(-c2ccc3c(c2)CN(C2CCC(=O)NC2=O)C3=O)c1C1CCCC1. The van der Waals surface area contributed by atoms with Gasteiger partial charge in [0.25, 0.3) is 5.91 Å². The topological polar surface area (TPSA) is 84.3 Å². The summed E-state index contributed by atoms with van der Waals surface area (Å²) in [6, 6.07) is 5.28. The highest BCUT2D eigenvalue weighted by Crippen LogP contribution is 2.39. The molecule has 2 aromatic rings. The fourth-order valence-electron chi connectivity index (χ4n) is 5.06. The number of rotatable bonds is 3. The van der Waals surface area contributed by atoms with E-state index in [2.05, 4.69) is 14.9 Å². The second-order valence-electron chi connectivity index (χ2n) is 8.34. The number of hydrogen-bond donors (Lipinski definition) is 1. The molecule has 2 aliphatic heterocycles. The second kappa shape index (κ2) is 6.83. The Kier molecular flexibility index (Phi) is 4.26. The van der Waals surface area contributed by atoms with Gasteiger partial charge in [-0.05, 0) is 37.0 Å². The zero-order valence-electron chi connectivity index (χ0n) is 16.5. The summed E-state index contributed by atoms with van der Waals surface area (Å²) in [5.41, 5.74) is 4.84. The largest absolute Gasteiger partial charge is 0.337 e. The van der Waals surface area contributed by atoms with E-state index in [0.29, 0.717) is 24.4 Å². The van der Waals surface area contributed by atoms with Crippen LogP contribution in [0.15, 0.2) is 24.5 Å². The smallest absolute Gasteiger partial charge is 0.255 e. The molecule has 1 aromatic carbocycles. The number of piperidine rings is 1. The molecule has 1 aliphatic carbocycles. The first-order valence-electron chi connectivity index (χ1n) is 10.3. The molecule has 0 radical (unpaired) electrons. The summed E-state index contributed by atoms with van der Waals surface area (Å²) in [6.07, 6.45) is 7.42. The highest BCUT2D eigenvalue weighted by molar-refractivity contribution is 6.05. The maximum absolute atomic E-state index is 12.9. The van der Waals surface area contributed by atoms with E-state index in [-0.39, 0.29) is 24.1 Å². The molecule has 3 amide bonds. The van der Waals surface area contributed by atoms with Crippen LogP contribution in [-0.2, 0) is 23.2 Å². The number of benzene rings is 1. The number of amides is 3. The van der Waals surface area contributed by atoms with Crippen molar-refractivity contribution in [2.75, 3.05) is 0 Å². The number of fused-ring (bicyclic) bond motifs is 1. The molecule has 29 heavy (non-hydrogen) atoms. The van der Waals surface area contributed by atoms with Crippen LogP contribution in [0.2, 0.25) is 0 Å². The molecular weight excluding hydrogens is 368 g/mol.